The summed E-state index contributed by atoms with van der Waals surface area (Å²) in [4.78, 5) is 0. The van der Waals surface area contributed by atoms with Crippen molar-refractivity contribution in [1.82, 2.24) is 53.2 Å². The summed E-state index contributed by atoms with van der Waals surface area (Å²) < 4.78 is 0. The Morgan fingerprint density at radius 3 is 0.611 bits per heavy atom. The predicted molar refractivity (Wildman–Crippen MR) is 237 cm³/mol. The van der Waals surface area contributed by atoms with E-state index in [9.17, 15) is 0 Å². The highest BCUT2D eigenvalue weighted by Crippen LogP contribution is 2.38. The maximum Gasteiger partial charge on any atom is -0.00173 e. The molecule has 10 N–H and O–H groups in total. The highest BCUT2D eigenvalue weighted by atomic mass is 35.5. The van der Waals surface area contributed by atoms with Crippen molar-refractivity contribution in [3.05, 3.63) is 0 Å². The van der Waals surface area contributed by atoms with Crippen LogP contribution in [0.5, 0.6) is 0 Å². The predicted octanol–water partition coefficient (Wildman–Crippen LogP) is 3.93. The van der Waals surface area contributed by atoms with Crippen molar-refractivity contribution in [2.24, 2.45) is 35.5 Å². The molecule has 0 heterocycles. The normalized spacial score (nSPS) is 22.8. The average molecular weight is 786 g/mol. The molecule has 11 heteroatoms. The second kappa shape index (κ2) is 36.0. The van der Waals surface area contributed by atoms with Crippen LogP contribution in [-0.4, -0.2) is 131 Å². The standard InChI is InChI=1S/C43H92N10.ClH/c1-3-44-17-5-11-23-48-32-38-29-40(38)34-50-25-13-7-19-46-21-9-15-27-52-36-42-31-43(42)37-53-28-16-10-22-47-20-8-14-26-51-35-41-30-39(41)33-49-24-12-6-18-45-4-2;/h38-53H,3-37H2,1-2H3;1H. The molecule has 0 aromatic carbocycles. The van der Waals surface area contributed by atoms with Crippen LogP contribution in [0, 0.1) is 35.5 Å². The summed E-state index contributed by atoms with van der Waals surface area (Å²) in [5.41, 5.74) is 0. The van der Waals surface area contributed by atoms with E-state index in [2.05, 4.69) is 67.0 Å². The molecule has 0 bridgehead atoms. The monoisotopic (exact) mass is 785 g/mol. The van der Waals surface area contributed by atoms with Crippen LogP contribution < -0.4 is 53.2 Å². The Hall–Kier alpha value is -0.110. The van der Waals surface area contributed by atoms with Crippen LogP contribution in [0.4, 0.5) is 0 Å². The molecule has 3 fully saturated rings. The molecule has 0 aromatic heterocycles. The zero-order chi connectivity index (χ0) is 37.3. The van der Waals surface area contributed by atoms with Crippen LogP contribution in [-0.2, 0) is 0 Å². The van der Waals surface area contributed by atoms with E-state index >= 15 is 0 Å². The minimum atomic E-state index is 0. The summed E-state index contributed by atoms with van der Waals surface area (Å²) in [6.45, 7) is 28.0. The summed E-state index contributed by atoms with van der Waals surface area (Å²) in [5.74, 6) is 5.49. The van der Waals surface area contributed by atoms with Crippen LogP contribution in [0.3, 0.4) is 0 Å². The van der Waals surface area contributed by atoms with Gasteiger partial charge in [-0.05, 0) is 263 Å². The van der Waals surface area contributed by atoms with Gasteiger partial charge in [0.25, 0.3) is 0 Å². The fourth-order valence-electron chi connectivity index (χ4n) is 7.76. The van der Waals surface area contributed by atoms with Gasteiger partial charge in [-0.1, -0.05) is 13.8 Å². The number of hydrogen-bond acceptors (Lipinski definition) is 10. The van der Waals surface area contributed by atoms with Crippen LogP contribution in [0.25, 0.3) is 0 Å². The van der Waals surface area contributed by atoms with Crippen molar-refractivity contribution in [2.75, 3.05) is 131 Å². The average Bonchev–Trinajstić information content (AvgIpc) is 4.10. The first-order chi connectivity index (χ1) is 26.3. The van der Waals surface area contributed by atoms with Crippen molar-refractivity contribution in [3.8, 4) is 0 Å². The summed E-state index contributed by atoms with van der Waals surface area (Å²) in [6.07, 6.45) is 19.7. The Bertz CT molecular complexity index is 735. The van der Waals surface area contributed by atoms with E-state index < -0.39 is 0 Å². The second-order valence-corrected chi connectivity index (χ2v) is 16.9. The fraction of sp³-hybridized carbons (Fsp3) is 1.00. The highest BCUT2D eigenvalue weighted by Gasteiger charge is 2.37. The zero-order valence-corrected chi connectivity index (χ0v) is 36.4. The first-order valence-corrected chi connectivity index (χ1v) is 23.4. The van der Waals surface area contributed by atoms with Gasteiger partial charge in [-0.3, -0.25) is 0 Å². The fourth-order valence-corrected chi connectivity index (χ4v) is 7.76. The van der Waals surface area contributed by atoms with E-state index in [0.29, 0.717) is 0 Å². The molecule has 3 rings (SSSR count). The number of hydrogen-bond donors (Lipinski definition) is 10. The lowest BCUT2D eigenvalue weighted by Gasteiger charge is -2.08. The minimum Gasteiger partial charge on any atom is -0.317 e. The third-order valence-electron chi connectivity index (χ3n) is 11.9. The van der Waals surface area contributed by atoms with E-state index in [0.717, 1.165) is 61.7 Å². The third kappa shape index (κ3) is 29.2. The van der Waals surface area contributed by atoms with Gasteiger partial charge in [0.1, 0.15) is 0 Å². The van der Waals surface area contributed by atoms with E-state index in [4.69, 9.17) is 0 Å². The zero-order valence-electron chi connectivity index (χ0n) is 35.6. The molecule has 6 atom stereocenters. The quantitative estimate of drug-likeness (QED) is 0.0417. The van der Waals surface area contributed by atoms with Crippen molar-refractivity contribution in [2.45, 2.75) is 110 Å². The molecule has 0 radical (unpaired) electrons. The van der Waals surface area contributed by atoms with E-state index in [1.165, 1.54) is 201 Å². The molecular formula is C43H93ClN10. The maximum atomic E-state index is 3.73. The lowest BCUT2D eigenvalue weighted by molar-refractivity contribution is 0.516. The first kappa shape index (κ1) is 50.0. The number of nitrogens with one attached hydrogen (secondary N) is 10. The van der Waals surface area contributed by atoms with Gasteiger partial charge in [0.2, 0.25) is 0 Å². The molecule has 10 nitrogen and oxygen atoms in total. The molecule has 54 heavy (non-hydrogen) atoms. The SMILES string of the molecule is CCNCCCCNCC1CC1CNCCCCNCCCCNCC1CC1CNCCCCNCCCCNCC1CC1CNCCCCNCC.Cl. The van der Waals surface area contributed by atoms with Crippen molar-refractivity contribution < 1.29 is 0 Å². The molecule has 3 aliphatic rings. The van der Waals surface area contributed by atoms with Crippen molar-refractivity contribution in [1.29, 1.82) is 0 Å². The molecule has 6 unspecified atom stereocenters. The van der Waals surface area contributed by atoms with Crippen LogP contribution in [0.2, 0.25) is 0 Å². The number of unbranched alkanes of at least 4 members (excludes halogenated alkanes) is 6. The summed E-state index contributed by atoms with van der Waals surface area (Å²) in [7, 11) is 0. The van der Waals surface area contributed by atoms with Gasteiger partial charge in [0.15, 0.2) is 0 Å². The van der Waals surface area contributed by atoms with E-state index in [-0.39, 0.29) is 12.4 Å². The van der Waals surface area contributed by atoms with Crippen LogP contribution in [0.1, 0.15) is 110 Å². The van der Waals surface area contributed by atoms with Gasteiger partial charge in [-0.15, -0.1) is 12.4 Å². The van der Waals surface area contributed by atoms with E-state index in [1.807, 2.05) is 0 Å². The minimum absolute atomic E-state index is 0. The largest absolute Gasteiger partial charge is 0.317 e. The molecule has 322 valence electrons. The van der Waals surface area contributed by atoms with E-state index in [1.54, 1.807) is 0 Å². The Morgan fingerprint density at radius 2 is 0.426 bits per heavy atom. The maximum absolute atomic E-state index is 3.73. The third-order valence-corrected chi connectivity index (χ3v) is 11.9. The molecule has 3 aliphatic carbocycles. The molecule has 0 saturated heterocycles. The molecule has 0 amide bonds. The van der Waals surface area contributed by atoms with Crippen molar-refractivity contribution >= 4 is 12.4 Å². The van der Waals surface area contributed by atoms with Gasteiger partial charge in [-0.2, -0.15) is 0 Å². The molecule has 0 spiro atoms. The lowest BCUT2D eigenvalue weighted by atomic mass is 10.2. The Labute approximate surface area is 341 Å². The Kier molecular flexibility index (Phi) is 33.4. The van der Waals surface area contributed by atoms with Gasteiger partial charge in [0, 0.05) is 0 Å². The molecule has 0 aliphatic heterocycles. The van der Waals surface area contributed by atoms with Gasteiger partial charge < -0.3 is 53.2 Å². The second-order valence-electron chi connectivity index (χ2n) is 16.9. The summed E-state index contributed by atoms with van der Waals surface area (Å²) >= 11 is 0. The van der Waals surface area contributed by atoms with Gasteiger partial charge in [-0.25, -0.2) is 0 Å². The summed E-state index contributed by atoms with van der Waals surface area (Å²) in [5, 5.41) is 36.3. The molecular weight excluding hydrogens is 692 g/mol. The first-order valence-electron chi connectivity index (χ1n) is 23.4. The van der Waals surface area contributed by atoms with Gasteiger partial charge in [0.05, 0.1) is 0 Å². The highest BCUT2D eigenvalue weighted by molar-refractivity contribution is 5.85. The Balaban J connectivity index is 0.0000101. The number of halogens is 1. The summed E-state index contributed by atoms with van der Waals surface area (Å²) in [6, 6.07) is 0. The van der Waals surface area contributed by atoms with Crippen LogP contribution in [0.15, 0.2) is 0 Å². The molecule has 0 aromatic rings. The molecule has 3 saturated carbocycles. The Morgan fingerprint density at radius 1 is 0.259 bits per heavy atom. The topological polar surface area (TPSA) is 120 Å². The van der Waals surface area contributed by atoms with Crippen molar-refractivity contribution in [3.63, 3.8) is 0 Å². The lowest BCUT2D eigenvalue weighted by Crippen LogP contribution is -2.25. The van der Waals surface area contributed by atoms with Gasteiger partial charge >= 0.3 is 0 Å². The number of rotatable bonds is 44. The van der Waals surface area contributed by atoms with Crippen LogP contribution >= 0.6 is 12.4 Å². The smallest absolute Gasteiger partial charge is 0.00173 e.